The van der Waals surface area contributed by atoms with Gasteiger partial charge in [0, 0.05) is 36.9 Å². The molecule has 1 aliphatic heterocycles. The number of nitrogens with one attached hydrogen (secondary N) is 2. The van der Waals surface area contributed by atoms with Gasteiger partial charge in [0.05, 0.1) is 16.4 Å². The maximum absolute atomic E-state index is 15.0. The molecule has 2 aromatic carbocycles. The normalized spacial score (nSPS) is 19.9. The monoisotopic (exact) mass is 392 g/mol. The van der Waals surface area contributed by atoms with E-state index in [-0.39, 0.29) is 16.5 Å². The Morgan fingerprint density at radius 1 is 1.14 bits per heavy atom. The average molecular weight is 392 g/mol. The highest BCUT2D eigenvalue weighted by Crippen LogP contribution is 2.28. The molecule has 148 valence electrons. The van der Waals surface area contributed by atoms with Crippen molar-refractivity contribution in [2.45, 2.75) is 25.9 Å². The highest BCUT2D eigenvalue weighted by Gasteiger charge is 2.23. The first kappa shape index (κ1) is 17.9. The summed E-state index contributed by atoms with van der Waals surface area (Å²) in [6, 6.07) is 12.8. The molecule has 1 fully saturated rings. The molecular formula is C22H21FN4O2. The maximum Gasteiger partial charge on any atom is 0.347 e. The van der Waals surface area contributed by atoms with Crippen LogP contribution in [0.25, 0.3) is 33.4 Å². The van der Waals surface area contributed by atoms with E-state index in [9.17, 15) is 9.18 Å². The van der Waals surface area contributed by atoms with Crippen LogP contribution in [0.5, 0.6) is 0 Å². The van der Waals surface area contributed by atoms with Crippen molar-refractivity contribution in [3.63, 3.8) is 0 Å². The van der Waals surface area contributed by atoms with Crippen LogP contribution in [0.1, 0.15) is 13.8 Å². The molecule has 2 N–H and O–H groups in total. The lowest BCUT2D eigenvalue weighted by atomic mass is 10.1. The van der Waals surface area contributed by atoms with Crippen LogP contribution >= 0.6 is 0 Å². The lowest BCUT2D eigenvalue weighted by Gasteiger charge is -2.37. The minimum atomic E-state index is -0.546. The number of hydrogen-bond acceptors (Lipinski definition) is 5. The summed E-state index contributed by atoms with van der Waals surface area (Å²) in [5.41, 5.74) is 2.16. The Morgan fingerprint density at radius 3 is 2.66 bits per heavy atom. The number of fused-ring (bicyclic) bond motifs is 2. The van der Waals surface area contributed by atoms with Gasteiger partial charge in [-0.1, -0.05) is 12.1 Å². The van der Waals surface area contributed by atoms with E-state index in [1.54, 1.807) is 6.07 Å². The number of aromatic amines is 1. The van der Waals surface area contributed by atoms with Crippen molar-refractivity contribution < 1.29 is 8.81 Å². The number of aromatic nitrogens is 2. The van der Waals surface area contributed by atoms with Crippen LogP contribution in [0.2, 0.25) is 0 Å². The number of H-pyrrole nitrogens is 1. The minimum absolute atomic E-state index is 0.213. The summed E-state index contributed by atoms with van der Waals surface area (Å²) in [6.07, 6.45) is 0. The fraction of sp³-hybridized carbons (Fsp3) is 0.273. The predicted molar refractivity (Wildman–Crippen MR) is 112 cm³/mol. The first-order valence-electron chi connectivity index (χ1n) is 9.71. The van der Waals surface area contributed by atoms with E-state index in [1.165, 1.54) is 12.1 Å². The topological polar surface area (TPSA) is 74.2 Å². The van der Waals surface area contributed by atoms with Gasteiger partial charge in [-0.2, -0.15) is 0 Å². The van der Waals surface area contributed by atoms with Crippen molar-refractivity contribution in [3.8, 4) is 11.4 Å². The summed E-state index contributed by atoms with van der Waals surface area (Å²) in [6.45, 7) is 5.72. The molecule has 4 aromatic rings. The van der Waals surface area contributed by atoms with Gasteiger partial charge in [-0.3, -0.25) is 0 Å². The molecule has 0 bridgehead atoms. The Hall–Kier alpha value is -3.19. The molecule has 29 heavy (non-hydrogen) atoms. The fourth-order valence-corrected chi connectivity index (χ4v) is 4.13. The van der Waals surface area contributed by atoms with E-state index in [4.69, 9.17) is 4.42 Å². The Morgan fingerprint density at radius 2 is 1.90 bits per heavy atom. The van der Waals surface area contributed by atoms with Crippen molar-refractivity contribution in [1.82, 2.24) is 15.3 Å². The van der Waals surface area contributed by atoms with Gasteiger partial charge in [0.1, 0.15) is 22.8 Å². The van der Waals surface area contributed by atoms with Crippen LogP contribution in [0, 0.1) is 5.82 Å². The van der Waals surface area contributed by atoms with E-state index < -0.39 is 11.4 Å². The van der Waals surface area contributed by atoms with Gasteiger partial charge in [0.15, 0.2) is 0 Å². The summed E-state index contributed by atoms with van der Waals surface area (Å²) in [4.78, 5) is 22.3. The first-order chi connectivity index (χ1) is 14.0. The predicted octanol–water partition coefficient (Wildman–Crippen LogP) is 3.66. The number of halogens is 1. The zero-order valence-electron chi connectivity index (χ0n) is 16.2. The highest BCUT2D eigenvalue weighted by molar-refractivity contribution is 5.86. The summed E-state index contributed by atoms with van der Waals surface area (Å²) >= 11 is 0. The van der Waals surface area contributed by atoms with Crippen LogP contribution in [-0.4, -0.2) is 35.1 Å². The molecular weight excluding hydrogens is 371 g/mol. The number of hydrogen-bond donors (Lipinski definition) is 2. The molecule has 1 aliphatic rings. The average Bonchev–Trinajstić information content (AvgIpc) is 3.10. The zero-order chi connectivity index (χ0) is 20.1. The quantitative estimate of drug-likeness (QED) is 0.509. The molecule has 2 aromatic heterocycles. The van der Waals surface area contributed by atoms with Crippen molar-refractivity contribution in [1.29, 1.82) is 0 Å². The molecule has 0 radical (unpaired) electrons. The number of piperazine rings is 1. The molecule has 2 atom stereocenters. The molecule has 1 saturated heterocycles. The molecule has 2 unspecified atom stereocenters. The summed E-state index contributed by atoms with van der Waals surface area (Å²) < 4.78 is 20.5. The van der Waals surface area contributed by atoms with Crippen molar-refractivity contribution in [2.75, 3.05) is 18.0 Å². The second-order valence-electron chi connectivity index (χ2n) is 7.76. The first-order valence-corrected chi connectivity index (χ1v) is 9.71. The Kier molecular flexibility index (Phi) is 4.13. The zero-order valence-corrected chi connectivity index (χ0v) is 16.2. The second-order valence-corrected chi connectivity index (χ2v) is 7.76. The summed E-state index contributed by atoms with van der Waals surface area (Å²) in [5.74, 6) is -0.0486. The number of rotatable bonds is 2. The highest BCUT2D eigenvalue weighted by atomic mass is 19.1. The lowest BCUT2D eigenvalue weighted by Crippen LogP contribution is -2.54. The molecule has 0 amide bonds. The fourth-order valence-electron chi connectivity index (χ4n) is 4.13. The van der Waals surface area contributed by atoms with Crippen LogP contribution in [0.3, 0.4) is 0 Å². The Bertz CT molecular complexity index is 1240. The van der Waals surface area contributed by atoms with Gasteiger partial charge in [0.25, 0.3) is 0 Å². The Balaban J connectivity index is 1.60. The van der Waals surface area contributed by atoms with Gasteiger partial charge in [-0.15, -0.1) is 0 Å². The largest absolute Gasteiger partial charge is 0.422 e. The molecule has 0 spiro atoms. The van der Waals surface area contributed by atoms with E-state index >= 15 is 0 Å². The molecule has 0 saturated carbocycles. The second kappa shape index (κ2) is 6.70. The van der Waals surface area contributed by atoms with E-state index in [0.717, 1.165) is 29.8 Å². The van der Waals surface area contributed by atoms with Gasteiger partial charge in [0.2, 0.25) is 0 Å². The van der Waals surface area contributed by atoms with E-state index in [0.29, 0.717) is 17.9 Å². The van der Waals surface area contributed by atoms with Crippen LogP contribution < -0.4 is 15.8 Å². The van der Waals surface area contributed by atoms with Gasteiger partial charge >= 0.3 is 5.63 Å². The van der Waals surface area contributed by atoms with Crippen LogP contribution in [0.15, 0.2) is 51.7 Å². The smallest absolute Gasteiger partial charge is 0.347 e. The summed E-state index contributed by atoms with van der Waals surface area (Å²) in [7, 11) is 0. The lowest BCUT2D eigenvalue weighted by molar-refractivity contribution is 0.406. The Labute approximate surface area is 166 Å². The van der Waals surface area contributed by atoms with Gasteiger partial charge < -0.3 is 19.6 Å². The van der Waals surface area contributed by atoms with Crippen molar-refractivity contribution in [3.05, 3.63) is 58.7 Å². The summed E-state index contributed by atoms with van der Waals surface area (Å²) in [5, 5.41) is 3.72. The van der Waals surface area contributed by atoms with Crippen molar-refractivity contribution in [2.24, 2.45) is 0 Å². The number of anilines is 1. The molecule has 3 heterocycles. The SMILES string of the molecule is CC1CN(c2cc(F)c3cc(-c4nc5ccccc5[nH]4)c(=O)oc3c2)CC(C)N1. The number of benzene rings is 2. The number of imidazole rings is 1. The van der Waals surface area contributed by atoms with Gasteiger partial charge in [-0.05, 0) is 38.1 Å². The molecule has 7 heteroatoms. The number of nitrogens with zero attached hydrogens (tertiary/aromatic N) is 2. The third-order valence-corrected chi connectivity index (χ3v) is 5.35. The van der Waals surface area contributed by atoms with E-state index in [1.807, 2.05) is 24.3 Å². The third-order valence-electron chi connectivity index (χ3n) is 5.35. The van der Waals surface area contributed by atoms with E-state index in [2.05, 4.69) is 34.0 Å². The van der Waals surface area contributed by atoms with Crippen LogP contribution in [-0.2, 0) is 0 Å². The third kappa shape index (κ3) is 3.17. The van der Waals surface area contributed by atoms with Crippen molar-refractivity contribution >= 4 is 27.7 Å². The molecule has 5 rings (SSSR count). The minimum Gasteiger partial charge on any atom is -0.422 e. The van der Waals surface area contributed by atoms with Crippen LogP contribution in [0.4, 0.5) is 10.1 Å². The maximum atomic E-state index is 15.0. The van der Waals surface area contributed by atoms with Gasteiger partial charge in [-0.25, -0.2) is 14.2 Å². The number of para-hydroxylation sites is 2. The molecule has 0 aliphatic carbocycles. The molecule has 6 nitrogen and oxygen atoms in total. The standard InChI is InChI=1S/C22H21FN4O2/c1-12-10-27(11-13(2)24-12)14-7-17(23)15-9-16(22(28)29-20(15)8-14)21-25-18-5-3-4-6-19(18)26-21/h3-9,12-13,24H,10-11H2,1-2H3,(H,25,26).